The molecule has 1 aromatic carbocycles. The Morgan fingerprint density at radius 3 is 2.94 bits per heavy atom. The Hall–Kier alpha value is -1.55. The Balaban J connectivity index is 1.84. The van der Waals surface area contributed by atoms with E-state index in [1.54, 1.807) is 0 Å². The van der Waals surface area contributed by atoms with Gasteiger partial charge in [-0.25, -0.2) is 0 Å². The quantitative estimate of drug-likeness (QED) is 0.816. The predicted molar refractivity (Wildman–Crippen MR) is 69.0 cm³/mol. The predicted octanol–water partition coefficient (Wildman–Crippen LogP) is 0.919. The zero-order valence-corrected chi connectivity index (χ0v) is 10.1. The van der Waals surface area contributed by atoms with Crippen LogP contribution in [0.5, 0.6) is 0 Å². The smallest absolute Gasteiger partial charge is 0.242 e. The van der Waals surface area contributed by atoms with Gasteiger partial charge in [-0.3, -0.25) is 4.79 Å². The van der Waals surface area contributed by atoms with Gasteiger partial charge >= 0.3 is 0 Å². The fourth-order valence-electron chi connectivity index (χ4n) is 2.05. The molecule has 1 heterocycles. The third-order valence-electron chi connectivity index (χ3n) is 3.04. The first-order valence-corrected chi connectivity index (χ1v) is 6.06. The summed E-state index contributed by atoms with van der Waals surface area (Å²) in [5.74, 6) is 0.169. The van der Waals surface area contributed by atoms with Crippen LogP contribution >= 0.6 is 0 Å². The highest BCUT2D eigenvalue weighted by molar-refractivity contribution is 5.81. The number of anilines is 1. The first-order chi connectivity index (χ1) is 8.27. The monoisotopic (exact) mass is 233 g/mol. The molecule has 1 saturated heterocycles. The summed E-state index contributed by atoms with van der Waals surface area (Å²) >= 11 is 0. The van der Waals surface area contributed by atoms with E-state index < -0.39 is 0 Å². The number of hydrogen-bond donors (Lipinski definition) is 2. The van der Waals surface area contributed by atoms with Crippen LogP contribution < -0.4 is 10.6 Å². The molecule has 1 aromatic rings. The highest BCUT2D eigenvalue weighted by Crippen LogP contribution is 2.06. The van der Waals surface area contributed by atoms with E-state index >= 15 is 0 Å². The Morgan fingerprint density at radius 1 is 1.47 bits per heavy atom. The topological polar surface area (TPSA) is 44.4 Å². The number of nitrogens with one attached hydrogen (secondary N) is 2. The molecule has 0 unspecified atom stereocenters. The van der Waals surface area contributed by atoms with E-state index in [9.17, 15) is 4.79 Å². The van der Waals surface area contributed by atoms with Gasteiger partial charge in [-0.1, -0.05) is 18.2 Å². The highest BCUT2D eigenvalue weighted by Gasteiger charge is 2.22. The van der Waals surface area contributed by atoms with Crippen molar-refractivity contribution in [1.82, 2.24) is 10.2 Å². The molecule has 1 amide bonds. The lowest BCUT2D eigenvalue weighted by molar-refractivity contribution is -0.132. The van der Waals surface area contributed by atoms with Crippen molar-refractivity contribution in [3.8, 4) is 0 Å². The Bertz CT molecular complexity index is 366. The molecule has 4 heteroatoms. The second-order valence-electron chi connectivity index (χ2n) is 4.36. The highest BCUT2D eigenvalue weighted by atomic mass is 16.2. The van der Waals surface area contributed by atoms with E-state index in [0.29, 0.717) is 6.54 Å². The van der Waals surface area contributed by atoms with Crippen molar-refractivity contribution in [1.29, 1.82) is 0 Å². The summed E-state index contributed by atoms with van der Waals surface area (Å²) in [4.78, 5) is 14.0. The number of carbonyl (C=O) groups excluding carboxylic acids is 1. The van der Waals surface area contributed by atoms with Gasteiger partial charge in [0.05, 0.1) is 6.54 Å². The minimum atomic E-state index is 0.169. The van der Waals surface area contributed by atoms with Gasteiger partial charge in [0.25, 0.3) is 0 Å². The van der Waals surface area contributed by atoms with E-state index in [1.807, 2.05) is 35.2 Å². The summed E-state index contributed by atoms with van der Waals surface area (Å²) in [6.45, 7) is 5.02. The fraction of sp³-hybridized carbons (Fsp3) is 0.462. The number of nitrogens with zero attached hydrogens (tertiary/aromatic N) is 1. The third-order valence-corrected chi connectivity index (χ3v) is 3.04. The van der Waals surface area contributed by atoms with Crippen LogP contribution in [0.3, 0.4) is 0 Å². The zero-order valence-electron chi connectivity index (χ0n) is 10.1. The van der Waals surface area contributed by atoms with E-state index in [0.717, 1.165) is 25.3 Å². The van der Waals surface area contributed by atoms with E-state index in [-0.39, 0.29) is 11.9 Å². The van der Waals surface area contributed by atoms with Gasteiger partial charge in [0.15, 0.2) is 0 Å². The maximum absolute atomic E-state index is 12.0. The molecule has 17 heavy (non-hydrogen) atoms. The van der Waals surface area contributed by atoms with Crippen LogP contribution in [0.1, 0.15) is 6.92 Å². The number of para-hydroxylation sites is 1. The molecule has 1 atom stereocenters. The number of amides is 1. The molecule has 0 bridgehead atoms. The van der Waals surface area contributed by atoms with E-state index in [4.69, 9.17) is 0 Å². The number of carbonyl (C=O) groups is 1. The van der Waals surface area contributed by atoms with Gasteiger partial charge in [-0.2, -0.15) is 0 Å². The Labute approximate surface area is 102 Å². The van der Waals surface area contributed by atoms with Crippen molar-refractivity contribution in [3.05, 3.63) is 30.3 Å². The molecular formula is C13H19N3O. The molecule has 4 nitrogen and oxygen atoms in total. The molecule has 0 aromatic heterocycles. The number of piperazine rings is 1. The molecule has 2 rings (SSSR count). The van der Waals surface area contributed by atoms with Gasteiger partial charge in [-0.05, 0) is 19.1 Å². The number of rotatable bonds is 3. The molecule has 0 saturated carbocycles. The van der Waals surface area contributed by atoms with Gasteiger partial charge in [0.1, 0.15) is 0 Å². The lowest BCUT2D eigenvalue weighted by Gasteiger charge is -2.34. The van der Waals surface area contributed by atoms with Crippen LogP contribution in [0.2, 0.25) is 0 Å². The third kappa shape index (κ3) is 3.20. The fourth-order valence-corrected chi connectivity index (χ4v) is 2.05. The zero-order chi connectivity index (χ0) is 12.1. The number of hydrogen-bond acceptors (Lipinski definition) is 3. The maximum atomic E-state index is 12.0. The summed E-state index contributed by atoms with van der Waals surface area (Å²) in [5.41, 5.74) is 0.989. The molecule has 0 spiro atoms. The second kappa shape index (κ2) is 5.68. The van der Waals surface area contributed by atoms with Crippen LogP contribution in [0.15, 0.2) is 30.3 Å². The summed E-state index contributed by atoms with van der Waals surface area (Å²) in [6.07, 6.45) is 0. The standard InChI is InChI=1S/C13H19N3O/c1-11-9-14-7-8-16(11)13(17)10-15-12-5-3-2-4-6-12/h2-6,11,14-15H,7-10H2,1H3/t11-/m1/s1. The molecule has 0 radical (unpaired) electrons. The summed E-state index contributed by atoms with van der Waals surface area (Å²) in [7, 11) is 0. The van der Waals surface area contributed by atoms with Gasteiger partial charge in [-0.15, -0.1) is 0 Å². The largest absolute Gasteiger partial charge is 0.376 e. The Morgan fingerprint density at radius 2 is 2.24 bits per heavy atom. The molecule has 2 N–H and O–H groups in total. The molecule has 92 valence electrons. The average molecular weight is 233 g/mol. The first-order valence-electron chi connectivity index (χ1n) is 6.06. The van der Waals surface area contributed by atoms with Gasteiger partial charge < -0.3 is 15.5 Å². The minimum Gasteiger partial charge on any atom is -0.376 e. The lowest BCUT2D eigenvalue weighted by atomic mass is 10.2. The van der Waals surface area contributed by atoms with Crippen LogP contribution in [0.25, 0.3) is 0 Å². The van der Waals surface area contributed by atoms with Crippen molar-refractivity contribution in [2.75, 3.05) is 31.5 Å². The SMILES string of the molecule is C[C@@H]1CNCCN1C(=O)CNc1ccccc1. The van der Waals surface area contributed by atoms with Crippen LogP contribution in [0.4, 0.5) is 5.69 Å². The normalized spacial score (nSPS) is 20.1. The Kier molecular flexibility index (Phi) is 3.98. The van der Waals surface area contributed by atoms with Crippen LogP contribution in [-0.4, -0.2) is 43.0 Å². The summed E-state index contributed by atoms with van der Waals surface area (Å²) < 4.78 is 0. The van der Waals surface area contributed by atoms with Crippen molar-refractivity contribution >= 4 is 11.6 Å². The van der Waals surface area contributed by atoms with Crippen molar-refractivity contribution in [2.24, 2.45) is 0 Å². The molecule has 0 aliphatic carbocycles. The van der Waals surface area contributed by atoms with E-state index in [1.165, 1.54) is 0 Å². The summed E-state index contributed by atoms with van der Waals surface area (Å²) in [5, 5.41) is 6.43. The van der Waals surface area contributed by atoms with Crippen LogP contribution in [0, 0.1) is 0 Å². The molecular weight excluding hydrogens is 214 g/mol. The molecule has 1 fully saturated rings. The summed E-state index contributed by atoms with van der Waals surface area (Å²) in [6, 6.07) is 10.1. The maximum Gasteiger partial charge on any atom is 0.242 e. The van der Waals surface area contributed by atoms with Crippen molar-refractivity contribution < 1.29 is 4.79 Å². The number of benzene rings is 1. The average Bonchev–Trinajstić information content (AvgIpc) is 2.38. The molecule has 1 aliphatic heterocycles. The second-order valence-corrected chi connectivity index (χ2v) is 4.36. The van der Waals surface area contributed by atoms with Gasteiger partial charge in [0.2, 0.25) is 5.91 Å². The minimum absolute atomic E-state index is 0.169. The van der Waals surface area contributed by atoms with Crippen LogP contribution in [-0.2, 0) is 4.79 Å². The van der Waals surface area contributed by atoms with E-state index in [2.05, 4.69) is 17.6 Å². The van der Waals surface area contributed by atoms with Crippen molar-refractivity contribution in [3.63, 3.8) is 0 Å². The van der Waals surface area contributed by atoms with Gasteiger partial charge in [0, 0.05) is 31.4 Å². The first kappa shape index (κ1) is 11.9. The van der Waals surface area contributed by atoms with Crippen molar-refractivity contribution in [2.45, 2.75) is 13.0 Å². The molecule has 1 aliphatic rings. The lowest BCUT2D eigenvalue weighted by Crippen LogP contribution is -2.53.